The zero-order chi connectivity index (χ0) is 14.6. The molecule has 0 heterocycles. The van der Waals surface area contributed by atoms with Gasteiger partial charge in [0.1, 0.15) is 5.60 Å². The molecule has 0 spiro atoms. The van der Waals surface area contributed by atoms with Gasteiger partial charge in [0, 0.05) is 18.9 Å². The summed E-state index contributed by atoms with van der Waals surface area (Å²) in [5.41, 5.74) is -2.37. The number of rotatable bonds is 3. The third kappa shape index (κ3) is 1.87. The average Bonchev–Trinajstić information content (AvgIpc) is 2.34. The van der Waals surface area contributed by atoms with Crippen molar-refractivity contribution < 1.29 is 24.2 Å². The lowest BCUT2D eigenvalue weighted by Gasteiger charge is -2.62. The summed E-state index contributed by atoms with van der Waals surface area (Å²) in [6.45, 7) is 3.42. The fourth-order valence-electron chi connectivity index (χ4n) is 5.11. The summed E-state index contributed by atoms with van der Waals surface area (Å²) in [6, 6.07) is 0. The molecule has 4 bridgehead atoms. The fourth-order valence-corrected chi connectivity index (χ4v) is 5.11. The molecule has 0 radical (unpaired) electrons. The number of methoxy groups -OCH3 is 1. The Labute approximate surface area is 117 Å². The number of hydrogen-bond acceptors (Lipinski definition) is 5. The van der Waals surface area contributed by atoms with Crippen LogP contribution in [0, 0.1) is 11.3 Å². The molecule has 4 rings (SSSR count). The van der Waals surface area contributed by atoms with Crippen LogP contribution in [0.15, 0.2) is 12.7 Å². The monoisotopic (exact) mass is 280 g/mol. The number of hydrogen-bond donors (Lipinski definition) is 1. The smallest absolute Gasteiger partial charge is 0.330 e. The molecule has 20 heavy (non-hydrogen) atoms. The van der Waals surface area contributed by atoms with Crippen LogP contribution < -0.4 is 0 Å². The van der Waals surface area contributed by atoms with Crippen LogP contribution in [0.5, 0.6) is 0 Å². The standard InChI is InChI=1S/C15H20O5/c1-3-11(16)20-15-6-10-4-13(8-15,12(17)19-2)7-14(18,5-10)9-15/h3,10,18H,1,4-9H2,2H3. The van der Waals surface area contributed by atoms with Gasteiger partial charge in [0.15, 0.2) is 0 Å². The third-order valence-electron chi connectivity index (χ3n) is 5.09. The van der Waals surface area contributed by atoms with E-state index in [0.29, 0.717) is 32.1 Å². The van der Waals surface area contributed by atoms with Crippen molar-refractivity contribution in [3.8, 4) is 0 Å². The largest absolute Gasteiger partial charge is 0.469 e. The summed E-state index contributed by atoms with van der Waals surface area (Å²) in [5.74, 6) is -0.581. The lowest BCUT2D eigenvalue weighted by molar-refractivity contribution is -0.244. The molecule has 4 saturated carbocycles. The molecular weight excluding hydrogens is 260 g/mol. The molecule has 0 amide bonds. The van der Waals surface area contributed by atoms with E-state index < -0.39 is 22.6 Å². The van der Waals surface area contributed by atoms with Gasteiger partial charge in [0.25, 0.3) is 0 Å². The fraction of sp³-hybridized carbons (Fsp3) is 0.733. The van der Waals surface area contributed by atoms with Gasteiger partial charge in [-0.3, -0.25) is 4.79 Å². The molecule has 5 heteroatoms. The normalized spacial score (nSPS) is 45.0. The Morgan fingerprint density at radius 3 is 2.60 bits per heavy atom. The highest BCUT2D eigenvalue weighted by molar-refractivity contribution is 5.82. The summed E-state index contributed by atoms with van der Waals surface area (Å²) in [5, 5.41) is 10.7. The molecule has 0 aliphatic heterocycles. The highest BCUT2D eigenvalue weighted by Crippen LogP contribution is 2.64. The lowest BCUT2D eigenvalue weighted by atomic mass is 9.46. The maximum Gasteiger partial charge on any atom is 0.330 e. The van der Waals surface area contributed by atoms with E-state index in [9.17, 15) is 14.7 Å². The zero-order valence-corrected chi connectivity index (χ0v) is 11.7. The van der Waals surface area contributed by atoms with Crippen LogP contribution in [0.3, 0.4) is 0 Å². The molecule has 0 aromatic heterocycles. The Kier molecular flexibility index (Phi) is 2.77. The van der Waals surface area contributed by atoms with E-state index in [1.54, 1.807) is 0 Å². The minimum absolute atomic E-state index is 0.202. The Morgan fingerprint density at radius 1 is 1.25 bits per heavy atom. The van der Waals surface area contributed by atoms with E-state index in [0.717, 1.165) is 12.5 Å². The lowest BCUT2D eigenvalue weighted by Crippen LogP contribution is -2.66. The van der Waals surface area contributed by atoms with Crippen molar-refractivity contribution in [2.75, 3.05) is 7.11 Å². The van der Waals surface area contributed by atoms with Crippen LogP contribution >= 0.6 is 0 Å². The molecule has 0 aromatic rings. The number of esters is 2. The van der Waals surface area contributed by atoms with Crippen molar-refractivity contribution in [3.63, 3.8) is 0 Å². The summed E-state index contributed by atoms with van der Waals surface area (Å²) >= 11 is 0. The molecule has 110 valence electrons. The van der Waals surface area contributed by atoms with Crippen molar-refractivity contribution in [1.29, 1.82) is 0 Å². The number of ether oxygens (including phenoxy) is 2. The molecule has 4 unspecified atom stereocenters. The van der Waals surface area contributed by atoms with Crippen LogP contribution in [0.1, 0.15) is 38.5 Å². The van der Waals surface area contributed by atoms with E-state index in [2.05, 4.69) is 6.58 Å². The number of carbonyl (C=O) groups is 2. The maximum atomic E-state index is 12.2. The first-order chi connectivity index (χ1) is 9.34. The van der Waals surface area contributed by atoms with E-state index in [4.69, 9.17) is 9.47 Å². The van der Waals surface area contributed by atoms with Gasteiger partial charge in [-0.1, -0.05) is 6.58 Å². The summed E-state index contributed by atoms with van der Waals surface area (Å²) in [6.07, 6.45) is 4.52. The van der Waals surface area contributed by atoms with Crippen LogP contribution in [0.25, 0.3) is 0 Å². The second-order valence-electron chi connectivity index (χ2n) is 6.81. The second-order valence-corrected chi connectivity index (χ2v) is 6.81. The Morgan fingerprint density at radius 2 is 2.00 bits per heavy atom. The van der Waals surface area contributed by atoms with Crippen molar-refractivity contribution in [3.05, 3.63) is 12.7 Å². The minimum atomic E-state index is -0.922. The van der Waals surface area contributed by atoms with Crippen molar-refractivity contribution in [2.24, 2.45) is 11.3 Å². The average molecular weight is 280 g/mol. The molecule has 4 atom stereocenters. The van der Waals surface area contributed by atoms with Gasteiger partial charge in [-0.15, -0.1) is 0 Å². The van der Waals surface area contributed by atoms with Crippen LogP contribution in [-0.4, -0.2) is 35.4 Å². The van der Waals surface area contributed by atoms with Crippen LogP contribution in [-0.2, 0) is 19.1 Å². The molecule has 5 nitrogen and oxygen atoms in total. The molecule has 0 saturated heterocycles. The van der Waals surface area contributed by atoms with Gasteiger partial charge >= 0.3 is 11.9 Å². The van der Waals surface area contributed by atoms with Gasteiger partial charge in [-0.2, -0.15) is 0 Å². The molecule has 4 aliphatic carbocycles. The molecule has 1 N–H and O–H groups in total. The summed E-state index contributed by atoms with van der Waals surface area (Å²) < 4.78 is 10.5. The Hall–Kier alpha value is -1.36. The van der Waals surface area contributed by atoms with E-state index >= 15 is 0 Å². The first-order valence-electron chi connectivity index (χ1n) is 7.01. The minimum Gasteiger partial charge on any atom is -0.469 e. The topological polar surface area (TPSA) is 72.8 Å². The van der Waals surface area contributed by atoms with Gasteiger partial charge in [0.2, 0.25) is 0 Å². The van der Waals surface area contributed by atoms with E-state index in [1.807, 2.05) is 0 Å². The van der Waals surface area contributed by atoms with Gasteiger partial charge < -0.3 is 14.6 Å². The van der Waals surface area contributed by atoms with E-state index in [1.165, 1.54) is 7.11 Å². The maximum absolute atomic E-state index is 12.2. The first kappa shape index (κ1) is 13.6. The summed E-state index contributed by atoms with van der Waals surface area (Å²) in [4.78, 5) is 23.8. The molecule has 4 aliphatic rings. The quantitative estimate of drug-likeness (QED) is 0.624. The predicted molar refractivity (Wildman–Crippen MR) is 69.6 cm³/mol. The van der Waals surface area contributed by atoms with Crippen molar-refractivity contribution in [2.45, 2.75) is 49.7 Å². The SMILES string of the molecule is C=CC(=O)OC12CC3CC(O)(C1)CC(C(=O)OC)(C3)C2. The van der Waals surface area contributed by atoms with Crippen LogP contribution in [0.4, 0.5) is 0 Å². The molecule has 4 fully saturated rings. The van der Waals surface area contributed by atoms with Gasteiger partial charge in [-0.05, 0) is 31.6 Å². The molecule has 0 aromatic carbocycles. The van der Waals surface area contributed by atoms with Crippen LogP contribution in [0.2, 0.25) is 0 Å². The first-order valence-corrected chi connectivity index (χ1v) is 7.01. The Balaban J connectivity index is 1.97. The van der Waals surface area contributed by atoms with Gasteiger partial charge in [0.05, 0.1) is 18.1 Å². The number of aliphatic hydroxyl groups is 1. The highest BCUT2D eigenvalue weighted by atomic mass is 16.6. The van der Waals surface area contributed by atoms with E-state index in [-0.39, 0.29) is 11.9 Å². The second kappa shape index (κ2) is 4.07. The highest BCUT2D eigenvalue weighted by Gasteiger charge is 2.67. The number of carbonyl (C=O) groups excluding carboxylic acids is 2. The third-order valence-corrected chi connectivity index (χ3v) is 5.09. The van der Waals surface area contributed by atoms with Gasteiger partial charge in [-0.25, -0.2) is 4.79 Å². The van der Waals surface area contributed by atoms with Crippen molar-refractivity contribution in [1.82, 2.24) is 0 Å². The zero-order valence-electron chi connectivity index (χ0n) is 11.7. The Bertz CT molecular complexity index is 487. The van der Waals surface area contributed by atoms with Crippen molar-refractivity contribution >= 4 is 11.9 Å². The molecular formula is C15H20O5. The summed E-state index contributed by atoms with van der Waals surface area (Å²) in [7, 11) is 1.37. The predicted octanol–water partition coefficient (Wildman–Crippen LogP) is 1.34.